The van der Waals surface area contributed by atoms with Crippen molar-refractivity contribution in [3.63, 3.8) is 0 Å². The maximum absolute atomic E-state index is 5.58. The highest BCUT2D eigenvalue weighted by molar-refractivity contribution is 7.18. The monoisotopic (exact) mass is 368 g/mol. The summed E-state index contributed by atoms with van der Waals surface area (Å²) in [6, 6.07) is 14.8. The maximum Gasteiger partial charge on any atom is 0.123 e. The highest BCUT2D eigenvalue weighted by Crippen LogP contribution is 2.37. The number of fused-ring (bicyclic) bond motifs is 1. The zero-order valence-electron chi connectivity index (χ0n) is 15.3. The Hall–Kier alpha value is -2.11. The Bertz CT molecular complexity index is 860. The first-order valence-electron chi connectivity index (χ1n) is 9.09. The molecule has 0 saturated carbocycles. The van der Waals surface area contributed by atoms with Crippen molar-refractivity contribution in [2.75, 3.05) is 20.8 Å². The number of thiazole rings is 1. The van der Waals surface area contributed by atoms with Crippen molar-refractivity contribution >= 4 is 21.6 Å². The highest BCUT2D eigenvalue weighted by atomic mass is 32.1. The largest absolute Gasteiger partial charge is 0.497 e. The SMILES string of the molecule is COc1ccc(OC)c(CN2CCCC[C@@H]2c2nc3ccccc3s2)c1. The summed E-state index contributed by atoms with van der Waals surface area (Å²) in [6.45, 7) is 1.93. The van der Waals surface area contributed by atoms with Crippen molar-refractivity contribution in [2.45, 2.75) is 31.8 Å². The number of benzene rings is 2. The lowest BCUT2D eigenvalue weighted by molar-refractivity contribution is 0.139. The highest BCUT2D eigenvalue weighted by Gasteiger charge is 2.27. The third-order valence-electron chi connectivity index (χ3n) is 5.07. The van der Waals surface area contributed by atoms with Crippen molar-refractivity contribution in [1.82, 2.24) is 9.88 Å². The molecule has 4 nitrogen and oxygen atoms in total. The summed E-state index contributed by atoms with van der Waals surface area (Å²) in [5.74, 6) is 1.79. The molecule has 0 N–H and O–H groups in total. The first kappa shape index (κ1) is 17.3. The van der Waals surface area contributed by atoms with E-state index < -0.39 is 0 Å². The summed E-state index contributed by atoms with van der Waals surface area (Å²) >= 11 is 1.83. The van der Waals surface area contributed by atoms with Gasteiger partial charge in [0.15, 0.2) is 0 Å². The van der Waals surface area contributed by atoms with E-state index in [9.17, 15) is 0 Å². The summed E-state index contributed by atoms with van der Waals surface area (Å²) in [4.78, 5) is 7.47. The smallest absolute Gasteiger partial charge is 0.123 e. The van der Waals surface area contributed by atoms with Gasteiger partial charge in [0.2, 0.25) is 0 Å². The molecule has 3 aromatic rings. The minimum Gasteiger partial charge on any atom is -0.497 e. The predicted molar refractivity (Wildman–Crippen MR) is 106 cm³/mol. The van der Waals surface area contributed by atoms with Gasteiger partial charge in [-0.05, 0) is 49.7 Å². The van der Waals surface area contributed by atoms with Gasteiger partial charge in [0.1, 0.15) is 16.5 Å². The van der Waals surface area contributed by atoms with Gasteiger partial charge in [-0.25, -0.2) is 4.98 Å². The van der Waals surface area contributed by atoms with E-state index in [-0.39, 0.29) is 0 Å². The minimum absolute atomic E-state index is 0.372. The van der Waals surface area contributed by atoms with E-state index >= 15 is 0 Å². The fourth-order valence-corrected chi connectivity index (χ4v) is 4.85. The van der Waals surface area contributed by atoms with Crippen LogP contribution < -0.4 is 9.47 Å². The molecule has 1 aliphatic rings. The summed E-state index contributed by atoms with van der Waals surface area (Å²) in [5.41, 5.74) is 2.27. The number of likely N-dealkylation sites (tertiary alicyclic amines) is 1. The van der Waals surface area contributed by atoms with Gasteiger partial charge in [0, 0.05) is 12.1 Å². The Morgan fingerprint density at radius 1 is 1.12 bits per heavy atom. The van der Waals surface area contributed by atoms with Crippen LogP contribution >= 0.6 is 11.3 Å². The second kappa shape index (κ2) is 7.64. The number of hydrogen-bond acceptors (Lipinski definition) is 5. The van der Waals surface area contributed by atoms with Crippen LogP contribution in [0.4, 0.5) is 0 Å². The van der Waals surface area contributed by atoms with Crippen LogP contribution in [0.25, 0.3) is 10.2 Å². The molecule has 0 bridgehead atoms. The lowest BCUT2D eigenvalue weighted by Gasteiger charge is -2.34. The topological polar surface area (TPSA) is 34.6 Å². The van der Waals surface area contributed by atoms with Crippen LogP contribution in [0.15, 0.2) is 42.5 Å². The molecule has 136 valence electrons. The van der Waals surface area contributed by atoms with Gasteiger partial charge in [-0.2, -0.15) is 0 Å². The van der Waals surface area contributed by atoms with Crippen LogP contribution in [0.5, 0.6) is 11.5 Å². The number of para-hydroxylation sites is 1. The molecule has 2 aromatic carbocycles. The molecule has 4 rings (SSSR count). The van der Waals surface area contributed by atoms with Crippen LogP contribution in [0.3, 0.4) is 0 Å². The van der Waals surface area contributed by atoms with Crippen molar-refractivity contribution in [3.8, 4) is 11.5 Å². The molecule has 1 aliphatic heterocycles. The molecule has 1 aromatic heterocycles. The van der Waals surface area contributed by atoms with Gasteiger partial charge in [-0.3, -0.25) is 4.90 Å². The Labute approximate surface area is 158 Å². The van der Waals surface area contributed by atoms with E-state index in [1.54, 1.807) is 14.2 Å². The molecule has 0 spiro atoms. The van der Waals surface area contributed by atoms with Gasteiger partial charge in [-0.15, -0.1) is 11.3 Å². The van der Waals surface area contributed by atoms with Crippen LogP contribution in [0.1, 0.15) is 35.9 Å². The Kier molecular flexibility index (Phi) is 5.09. The number of nitrogens with zero attached hydrogens (tertiary/aromatic N) is 2. The maximum atomic E-state index is 5.58. The van der Waals surface area contributed by atoms with Gasteiger partial charge < -0.3 is 9.47 Å². The second-order valence-corrected chi connectivity index (χ2v) is 7.74. The predicted octanol–water partition coefficient (Wildman–Crippen LogP) is 5.04. The Morgan fingerprint density at radius 2 is 2.00 bits per heavy atom. The molecule has 5 heteroatoms. The van der Waals surface area contributed by atoms with Gasteiger partial charge in [0.05, 0.1) is 30.5 Å². The quantitative estimate of drug-likeness (QED) is 0.632. The van der Waals surface area contributed by atoms with Crippen LogP contribution in [-0.2, 0) is 6.54 Å². The van der Waals surface area contributed by atoms with Gasteiger partial charge in [0.25, 0.3) is 0 Å². The minimum atomic E-state index is 0.372. The average Bonchev–Trinajstić information content (AvgIpc) is 3.12. The van der Waals surface area contributed by atoms with Crippen molar-refractivity contribution in [3.05, 3.63) is 53.0 Å². The summed E-state index contributed by atoms with van der Waals surface area (Å²) in [6.07, 6.45) is 3.64. The molecule has 0 unspecified atom stereocenters. The molecular weight excluding hydrogens is 344 g/mol. The first-order chi connectivity index (χ1) is 12.8. The summed E-state index contributed by atoms with van der Waals surface area (Å²) in [7, 11) is 3.43. The Balaban J connectivity index is 1.63. The first-order valence-corrected chi connectivity index (χ1v) is 9.90. The van der Waals surface area contributed by atoms with E-state index in [2.05, 4.69) is 35.2 Å². The third-order valence-corrected chi connectivity index (χ3v) is 6.21. The van der Waals surface area contributed by atoms with Crippen molar-refractivity contribution < 1.29 is 9.47 Å². The van der Waals surface area contributed by atoms with Gasteiger partial charge >= 0.3 is 0 Å². The number of methoxy groups -OCH3 is 2. The molecule has 2 heterocycles. The molecule has 0 radical (unpaired) electrons. The van der Waals surface area contributed by atoms with E-state index in [0.29, 0.717) is 6.04 Å². The second-order valence-electron chi connectivity index (χ2n) is 6.68. The third kappa shape index (κ3) is 3.41. The fourth-order valence-electron chi connectivity index (χ4n) is 3.72. The van der Waals surface area contributed by atoms with E-state index in [4.69, 9.17) is 14.5 Å². The van der Waals surface area contributed by atoms with Crippen LogP contribution in [0, 0.1) is 0 Å². The molecular formula is C21H24N2O2S. The lowest BCUT2D eigenvalue weighted by atomic mass is 10.0. The zero-order valence-corrected chi connectivity index (χ0v) is 16.1. The lowest BCUT2D eigenvalue weighted by Crippen LogP contribution is -2.33. The standard InChI is InChI=1S/C21H24N2O2S/c1-24-16-10-11-19(25-2)15(13-16)14-23-12-6-5-8-18(23)21-22-17-7-3-4-9-20(17)26-21/h3-4,7,9-11,13,18H,5-6,8,12,14H2,1-2H3/t18-/m1/s1. The fraction of sp³-hybridized carbons (Fsp3) is 0.381. The van der Waals surface area contributed by atoms with Gasteiger partial charge in [-0.1, -0.05) is 18.6 Å². The van der Waals surface area contributed by atoms with E-state index in [1.165, 1.54) is 28.1 Å². The van der Waals surface area contributed by atoms with Crippen molar-refractivity contribution in [2.24, 2.45) is 0 Å². The summed E-state index contributed by atoms with van der Waals surface area (Å²) in [5, 5.41) is 1.23. The number of rotatable bonds is 5. The molecule has 1 atom stereocenters. The normalized spacial score (nSPS) is 18.2. The number of aromatic nitrogens is 1. The van der Waals surface area contributed by atoms with Crippen LogP contribution in [-0.4, -0.2) is 30.6 Å². The molecule has 26 heavy (non-hydrogen) atoms. The van der Waals surface area contributed by atoms with Crippen molar-refractivity contribution in [1.29, 1.82) is 0 Å². The zero-order chi connectivity index (χ0) is 17.9. The molecule has 1 saturated heterocycles. The molecule has 0 aliphatic carbocycles. The molecule has 0 amide bonds. The van der Waals surface area contributed by atoms with E-state index in [1.807, 2.05) is 23.5 Å². The molecule has 1 fully saturated rings. The average molecular weight is 369 g/mol. The number of piperidine rings is 1. The number of ether oxygens (including phenoxy) is 2. The summed E-state index contributed by atoms with van der Waals surface area (Å²) < 4.78 is 12.3. The van der Waals surface area contributed by atoms with E-state index in [0.717, 1.165) is 36.5 Å². The Morgan fingerprint density at radius 3 is 2.81 bits per heavy atom. The van der Waals surface area contributed by atoms with Crippen LogP contribution in [0.2, 0.25) is 0 Å². The number of hydrogen-bond donors (Lipinski definition) is 0.